The van der Waals surface area contributed by atoms with Crippen LogP contribution in [0.5, 0.6) is 11.6 Å². The first-order valence-electron chi connectivity index (χ1n) is 10.1. The molecular weight excluding hydrogens is 479 g/mol. The lowest BCUT2D eigenvalue weighted by atomic mass is 10.2. The first-order valence-corrected chi connectivity index (χ1v) is 11.2. The molecule has 0 bridgehead atoms. The molecule has 4 heterocycles. The van der Waals surface area contributed by atoms with Gasteiger partial charge in [-0.1, -0.05) is 23.7 Å². The number of fused-ring (bicyclic) bond motifs is 1. The fraction of sp³-hybridized carbons (Fsp3) is 0.0870. The zero-order valence-electron chi connectivity index (χ0n) is 17.5. The van der Waals surface area contributed by atoms with Gasteiger partial charge in [-0.15, -0.1) is 0 Å². The quantitative estimate of drug-likeness (QED) is 0.257. The van der Waals surface area contributed by atoms with Crippen LogP contribution >= 0.6 is 24.2 Å². The minimum absolute atomic E-state index is 0.0412. The Hall–Kier alpha value is -3.76. The topological polar surface area (TPSA) is 87.7 Å². The summed E-state index contributed by atoms with van der Waals surface area (Å²) < 4.78 is 22.6. The van der Waals surface area contributed by atoms with E-state index in [-0.39, 0.29) is 16.8 Å². The van der Waals surface area contributed by atoms with Gasteiger partial charge in [0.05, 0.1) is 5.52 Å². The van der Waals surface area contributed by atoms with Crippen LogP contribution in [-0.4, -0.2) is 40.7 Å². The van der Waals surface area contributed by atoms with E-state index in [9.17, 15) is 9.18 Å². The van der Waals surface area contributed by atoms with Crippen molar-refractivity contribution in [2.75, 3.05) is 5.75 Å². The summed E-state index contributed by atoms with van der Waals surface area (Å²) in [5.74, 6) is 1.17. The molecule has 0 atom stereocenters. The summed E-state index contributed by atoms with van der Waals surface area (Å²) in [5.41, 5.74) is 2.01. The number of thiol groups is 1. The van der Waals surface area contributed by atoms with E-state index in [1.807, 2.05) is 10.6 Å². The second-order valence-electron chi connectivity index (χ2n) is 7.19. The van der Waals surface area contributed by atoms with E-state index in [0.29, 0.717) is 46.2 Å². The molecule has 8 nitrogen and oxygen atoms in total. The Labute approximate surface area is 203 Å². The summed E-state index contributed by atoms with van der Waals surface area (Å²) in [7, 11) is 0. The number of rotatable bonds is 6. The predicted octanol–water partition coefficient (Wildman–Crippen LogP) is 5.22. The Balaban J connectivity index is 1.61. The lowest BCUT2D eigenvalue weighted by Crippen LogP contribution is -2.08. The van der Waals surface area contributed by atoms with Crippen LogP contribution in [0, 0.1) is 5.95 Å². The molecule has 0 aliphatic heterocycles. The molecule has 0 unspecified atom stereocenters. The van der Waals surface area contributed by atoms with Gasteiger partial charge in [0.1, 0.15) is 34.3 Å². The fourth-order valence-electron chi connectivity index (χ4n) is 3.46. The van der Waals surface area contributed by atoms with Crippen molar-refractivity contribution < 1.29 is 13.9 Å². The maximum Gasteiger partial charge on any atom is 0.240 e. The van der Waals surface area contributed by atoms with E-state index in [2.05, 4.69) is 27.6 Å². The number of ether oxygens (including phenoxy) is 1. The Morgan fingerprint density at radius 3 is 2.82 bits per heavy atom. The van der Waals surface area contributed by atoms with Crippen molar-refractivity contribution in [3.63, 3.8) is 0 Å². The fourth-order valence-corrected chi connectivity index (χ4v) is 3.80. The third-order valence-electron chi connectivity index (χ3n) is 4.96. The number of hydrogen-bond donors (Lipinski definition) is 1. The van der Waals surface area contributed by atoms with Gasteiger partial charge >= 0.3 is 0 Å². The van der Waals surface area contributed by atoms with E-state index in [1.165, 1.54) is 17.0 Å². The molecule has 0 radical (unpaired) electrons. The summed E-state index contributed by atoms with van der Waals surface area (Å²) in [4.78, 5) is 29.2. The van der Waals surface area contributed by atoms with Gasteiger partial charge < -0.3 is 4.74 Å². The molecule has 0 N–H and O–H groups in total. The number of benzene rings is 1. The lowest BCUT2D eigenvalue weighted by molar-refractivity contribution is 0.0911. The summed E-state index contributed by atoms with van der Waals surface area (Å²) in [6.07, 6.45) is 6.76. The van der Waals surface area contributed by atoms with Gasteiger partial charge in [-0.2, -0.15) is 22.0 Å². The molecule has 34 heavy (non-hydrogen) atoms. The Bertz CT molecular complexity index is 1500. The van der Waals surface area contributed by atoms with Crippen LogP contribution in [0.25, 0.3) is 28.2 Å². The van der Waals surface area contributed by atoms with Crippen LogP contribution in [0.2, 0.25) is 5.02 Å². The van der Waals surface area contributed by atoms with Crippen LogP contribution < -0.4 is 4.74 Å². The van der Waals surface area contributed by atoms with Crippen LogP contribution in [-0.2, 0) is 0 Å². The number of imidazole rings is 1. The van der Waals surface area contributed by atoms with Crippen molar-refractivity contribution in [3.05, 3.63) is 78.4 Å². The van der Waals surface area contributed by atoms with Gasteiger partial charge in [0.15, 0.2) is 0 Å². The first kappa shape index (κ1) is 22.1. The van der Waals surface area contributed by atoms with E-state index < -0.39 is 5.95 Å². The van der Waals surface area contributed by atoms with E-state index >= 15 is 0 Å². The summed E-state index contributed by atoms with van der Waals surface area (Å²) in [6, 6.07) is 11.3. The molecule has 5 rings (SSSR count). The number of pyridine rings is 1. The molecule has 4 aromatic heterocycles. The van der Waals surface area contributed by atoms with Crippen molar-refractivity contribution in [1.29, 1.82) is 0 Å². The molecule has 0 amide bonds. The van der Waals surface area contributed by atoms with Crippen molar-refractivity contribution in [2.24, 2.45) is 0 Å². The van der Waals surface area contributed by atoms with Crippen molar-refractivity contribution in [1.82, 2.24) is 29.1 Å². The van der Waals surface area contributed by atoms with Gasteiger partial charge in [0.25, 0.3) is 0 Å². The van der Waals surface area contributed by atoms with Gasteiger partial charge in [-0.25, -0.2) is 15.0 Å². The number of nitrogens with zero attached hydrogens (tertiary/aromatic N) is 6. The minimum Gasteiger partial charge on any atom is -0.437 e. The van der Waals surface area contributed by atoms with Crippen LogP contribution in [0.15, 0.2) is 67.4 Å². The third-order valence-corrected chi connectivity index (χ3v) is 5.47. The normalized spacial score (nSPS) is 11.1. The molecule has 11 heteroatoms. The highest BCUT2D eigenvalue weighted by molar-refractivity contribution is 7.80. The van der Waals surface area contributed by atoms with Gasteiger partial charge in [0, 0.05) is 30.6 Å². The molecule has 1 aromatic carbocycles. The van der Waals surface area contributed by atoms with E-state index in [1.54, 1.807) is 42.9 Å². The molecule has 0 aliphatic rings. The summed E-state index contributed by atoms with van der Waals surface area (Å²) in [6.45, 7) is 0. The largest absolute Gasteiger partial charge is 0.437 e. The number of hydrogen-bond acceptors (Lipinski definition) is 7. The van der Waals surface area contributed by atoms with Crippen molar-refractivity contribution in [3.8, 4) is 28.8 Å². The molecule has 0 spiro atoms. The maximum absolute atomic E-state index is 13.5. The van der Waals surface area contributed by atoms with Crippen molar-refractivity contribution >= 4 is 41.2 Å². The zero-order chi connectivity index (χ0) is 23.7. The monoisotopic (exact) mass is 494 g/mol. The maximum atomic E-state index is 13.5. The average Bonchev–Trinajstić information content (AvgIpc) is 3.41. The molecular formula is C23H16ClFN6O2S. The SMILES string of the molecule is O=C(CCS)n1cc2nc(-c3cccc(Oc4nc(F)ccc4Cl)c3)n(-c3ccncn3)c2c1. The Morgan fingerprint density at radius 2 is 2.03 bits per heavy atom. The predicted molar refractivity (Wildman–Crippen MR) is 128 cm³/mol. The zero-order valence-corrected chi connectivity index (χ0v) is 19.1. The highest BCUT2D eigenvalue weighted by Gasteiger charge is 2.19. The Morgan fingerprint density at radius 1 is 1.15 bits per heavy atom. The first-order chi connectivity index (χ1) is 16.5. The van der Waals surface area contributed by atoms with E-state index in [0.717, 1.165) is 6.07 Å². The van der Waals surface area contributed by atoms with Gasteiger partial charge in [0.2, 0.25) is 17.7 Å². The molecule has 0 saturated heterocycles. The lowest BCUT2D eigenvalue weighted by Gasteiger charge is -2.10. The number of aromatic nitrogens is 6. The third kappa shape index (κ3) is 4.25. The highest BCUT2D eigenvalue weighted by atomic mass is 35.5. The molecule has 5 aromatic rings. The second-order valence-corrected chi connectivity index (χ2v) is 8.05. The summed E-state index contributed by atoms with van der Waals surface area (Å²) in [5, 5.41) is 0.184. The second kappa shape index (κ2) is 9.24. The average molecular weight is 495 g/mol. The Kier molecular flexibility index (Phi) is 5.99. The van der Waals surface area contributed by atoms with Gasteiger partial charge in [-0.05, 0) is 36.1 Å². The number of carbonyl (C=O) groups excluding carboxylic acids is 1. The summed E-state index contributed by atoms with van der Waals surface area (Å²) >= 11 is 10.2. The number of halogens is 2. The van der Waals surface area contributed by atoms with Crippen LogP contribution in [0.3, 0.4) is 0 Å². The molecule has 170 valence electrons. The number of carbonyl (C=O) groups is 1. The van der Waals surface area contributed by atoms with Crippen LogP contribution in [0.1, 0.15) is 11.2 Å². The molecule has 0 fully saturated rings. The van der Waals surface area contributed by atoms with Crippen molar-refractivity contribution in [2.45, 2.75) is 6.42 Å². The van der Waals surface area contributed by atoms with Crippen LogP contribution in [0.4, 0.5) is 4.39 Å². The molecule has 0 saturated carbocycles. The standard InChI is InChI=1S/C23H16ClFN6O2S/c24-16-4-5-19(25)29-23(16)33-15-3-1-2-14(10-15)22-28-17-11-30(21(32)7-9-34)12-18(17)31(22)20-6-8-26-13-27-20/h1-6,8,10-13,34H,7,9H2. The van der Waals surface area contributed by atoms with E-state index in [4.69, 9.17) is 21.3 Å². The highest BCUT2D eigenvalue weighted by Crippen LogP contribution is 2.33. The molecule has 0 aliphatic carbocycles. The van der Waals surface area contributed by atoms with Gasteiger partial charge in [-0.3, -0.25) is 13.9 Å². The minimum atomic E-state index is -0.700. The smallest absolute Gasteiger partial charge is 0.240 e.